The van der Waals surface area contributed by atoms with Gasteiger partial charge in [-0.3, -0.25) is 4.79 Å². The lowest BCUT2D eigenvalue weighted by molar-refractivity contribution is -0.126. The Morgan fingerprint density at radius 2 is 1.92 bits per heavy atom. The summed E-state index contributed by atoms with van der Waals surface area (Å²) >= 11 is 0. The van der Waals surface area contributed by atoms with E-state index in [0.717, 1.165) is 12.0 Å². The van der Waals surface area contributed by atoms with Crippen LogP contribution in [0.5, 0.6) is 0 Å². The molecule has 0 bridgehead atoms. The number of piperidine rings is 1. The Hall–Kier alpha value is -1.44. The van der Waals surface area contributed by atoms with Gasteiger partial charge in [-0.25, -0.2) is 12.7 Å². The van der Waals surface area contributed by atoms with Crippen LogP contribution < -0.4 is 5.32 Å². The highest BCUT2D eigenvalue weighted by atomic mass is 32.2. The molecule has 1 heterocycles. The van der Waals surface area contributed by atoms with Crippen LogP contribution in [0.4, 0.5) is 0 Å². The molecule has 1 aromatic carbocycles. The number of rotatable bonds is 9. The zero-order valence-electron chi connectivity index (χ0n) is 14.8. The minimum atomic E-state index is -3.33. The SMILES string of the molecule is CCOCCCNC(=O)C1CCN(S(=O)(=O)Cc2ccccc2)CC1. The number of benzene rings is 1. The van der Waals surface area contributed by atoms with Crippen molar-refractivity contribution in [3.63, 3.8) is 0 Å². The predicted octanol–water partition coefficient (Wildman–Crippen LogP) is 1.77. The second-order valence-electron chi connectivity index (χ2n) is 6.26. The summed E-state index contributed by atoms with van der Waals surface area (Å²) < 4.78 is 31.8. The third-order valence-electron chi connectivity index (χ3n) is 4.38. The number of hydrogen-bond donors (Lipinski definition) is 1. The first-order valence-corrected chi connectivity index (χ1v) is 10.5. The fourth-order valence-corrected chi connectivity index (χ4v) is 4.51. The molecule has 6 nitrogen and oxygen atoms in total. The van der Waals surface area contributed by atoms with E-state index in [-0.39, 0.29) is 17.6 Å². The molecule has 1 amide bonds. The zero-order chi connectivity index (χ0) is 18.1. The van der Waals surface area contributed by atoms with E-state index < -0.39 is 10.0 Å². The first kappa shape index (κ1) is 19.9. The summed E-state index contributed by atoms with van der Waals surface area (Å²) in [5, 5.41) is 2.92. The fourth-order valence-electron chi connectivity index (χ4n) is 2.95. The van der Waals surface area contributed by atoms with Crippen LogP contribution in [0, 0.1) is 5.92 Å². The molecule has 1 aromatic rings. The molecule has 1 fully saturated rings. The topological polar surface area (TPSA) is 75.7 Å². The van der Waals surface area contributed by atoms with Gasteiger partial charge in [0.15, 0.2) is 0 Å². The average Bonchev–Trinajstić information content (AvgIpc) is 2.62. The number of nitrogens with zero attached hydrogens (tertiary/aromatic N) is 1. The molecule has 2 rings (SSSR count). The molecular weight excluding hydrogens is 340 g/mol. The maximum Gasteiger partial charge on any atom is 0.223 e. The van der Waals surface area contributed by atoms with Crippen LogP contribution in [0.1, 0.15) is 31.7 Å². The van der Waals surface area contributed by atoms with Crippen molar-refractivity contribution in [2.24, 2.45) is 5.92 Å². The van der Waals surface area contributed by atoms with Crippen LogP contribution in [0.3, 0.4) is 0 Å². The minimum Gasteiger partial charge on any atom is -0.382 e. The quantitative estimate of drug-likeness (QED) is 0.674. The second kappa shape index (κ2) is 9.89. The Morgan fingerprint density at radius 1 is 1.24 bits per heavy atom. The van der Waals surface area contributed by atoms with Crippen LogP contribution >= 0.6 is 0 Å². The first-order valence-electron chi connectivity index (χ1n) is 8.90. The number of carbonyl (C=O) groups is 1. The molecule has 25 heavy (non-hydrogen) atoms. The molecular formula is C18H28N2O4S. The van der Waals surface area contributed by atoms with Gasteiger partial charge in [0.05, 0.1) is 5.75 Å². The lowest BCUT2D eigenvalue weighted by atomic mass is 9.97. The Kier molecular flexibility index (Phi) is 7.87. The monoisotopic (exact) mass is 368 g/mol. The summed E-state index contributed by atoms with van der Waals surface area (Å²) in [5.74, 6) is -0.0610. The van der Waals surface area contributed by atoms with Crippen molar-refractivity contribution in [2.75, 3.05) is 32.8 Å². The van der Waals surface area contributed by atoms with Gasteiger partial charge in [0.1, 0.15) is 0 Å². The third-order valence-corrected chi connectivity index (χ3v) is 6.23. The van der Waals surface area contributed by atoms with Gasteiger partial charge in [-0.2, -0.15) is 0 Å². The molecule has 0 aliphatic carbocycles. The van der Waals surface area contributed by atoms with Gasteiger partial charge >= 0.3 is 0 Å². The molecule has 0 radical (unpaired) electrons. The molecule has 0 unspecified atom stereocenters. The van der Waals surface area contributed by atoms with E-state index in [1.807, 2.05) is 37.3 Å². The van der Waals surface area contributed by atoms with Crippen molar-refractivity contribution in [3.8, 4) is 0 Å². The molecule has 0 saturated carbocycles. The van der Waals surface area contributed by atoms with Gasteiger partial charge in [0, 0.05) is 38.8 Å². The van der Waals surface area contributed by atoms with Gasteiger partial charge in [-0.1, -0.05) is 30.3 Å². The first-order chi connectivity index (χ1) is 12.0. The van der Waals surface area contributed by atoms with E-state index in [1.165, 1.54) is 4.31 Å². The van der Waals surface area contributed by atoms with Crippen LogP contribution in [0.25, 0.3) is 0 Å². The highest BCUT2D eigenvalue weighted by molar-refractivity contribution is 7.88. The normalized spacial score (nSPS) is 16.7. The lowest BCUT2D eigenvalue weighted by Crippen LogP contribution is -2.43. The van der Waals surface area contributed by atoms with Crippen molar-refractivity contribution in [3.05, 3.63) is 35.9 Å². The van der Waals surface area contributed by atoms with Crippen molar-refractivity contribution < 1.29 is 17.9 Å². The Morgan fingerprint density at radius 3 is 2.56 bits per heavy atom. The van der Waals surface area contributed by atoms with Gasteiger partial charge in [0.25, 0.3) is 0 Å². The highest BCUT2D eigenvalue weighted by Gasteiger charge is 2.30. The van der Waals surface area contributed by atoms with E-state index in [4.69, 9.17) is 4.74 Å². The number of carbonyl (C=O) groups excluding carboxylic acids is 1. The van der Waals surface area contributed by atoms with Gasteiger partial charge in [-0.15, -0.1) is 0 Å². The summed E-state index contributed by atoms with van der Waals surface area (Å²) in [6.07, 6.45) is 1.94. The molecule has 1 saturated heterocycles. The van der Waals surface area contributed by atoms with Crippen molar-refractivity contribution in [2.45, 2.75) is 31.9 Å². The van der Waals surface area contributed by atoms with E-state index in [1.54, 1.807) is 0 Å². The van der Waals surface area contributed by atoms with E-state index in [0.29, 0.717) is 45.7 Å². The lowest BCUT2D eigenvalue weighted by Gasteiger charge is -2.30. The predicted molar refractivity (Wildman–Crippen MR) is 97.5 cm³/mol. The van der Waals surface area contributed by atoms with Crippen LogP contribution in [0.2, 0.25) is 0 Å². The molecule has 1 aliphatic heterocycles. The Balaban J connectivity index is 1.75. The second-order valence-corrected chi connectivity index (χ2v) is 8.23. The molecule has 0 spiro atoms. The molecule has 1 N–H and O–H groups in total. The van der Waals surface area contributed by atoms with E-state index in [9.17, 15) is 13.2 Å². The summed E-state index contributed by atoms with van der Waals surface area (Å²) in [4.78, 5) is 12.2. The molecule has 0 aromatic heterocycles. The zero-order valence-corrected chi connectivity index (χ0v) is 15.6. The van der Waals surface area contributed by atoms with Crippen molar-refractivity contribution in [1.29, 1.82) is 0 Å². The number of hydrogen-bond acceptors (Lipinski definition) is 4. The van der Waals surface area contributed by atoms with Gasteiger partial charge in [-0.05, 0) is 31.7 Å². The van der Waals surface area contributed by atoms with E-state index in [2.05, 4.69) is 5.32 Å². The Labute approximate surface area is 150 Å². The number of sulfonamides is 1. The maximum atomic E-state index is 12.5. The van der Waals surface area contributed by atoms with Crippen LogP contribution in [-0.2, 0) is 25.3 Å². The van der Waals surface area contributed by atoms with Crippen molar-refractivity contribution >= 4 is 15.9 Å². The van der Waals surface area contributed by atoms with E-state index >= 15 is 0 Å². The molecule has 1 aliphatic rings. The standard InChI is InChI=1S/C18H28N2O4S/c1-2-24-14-6-11-19-18(21)17-9-12-20(13-10-17)25(22,23)15-16-7-4-3-5-8-16/h3-5,7-8,17H,2,6,9-15H2,1H3,(H,19,21). The summed E-state index contributed by atoms with van der Waals surface area (Å²) in [7, 11) is -3.33. The number of nitrogens with one attached hydrogen (secondary N) is 1. The smallest absolute Gasteiger partial charge is 0.223 e. The Bertz CT molecular complexity index is 626. The third kappa shape index (κ3) is 6.41. The summed E-state index contributed by atoms with van der Waals surface area (Å²) in [5.41, 5.74) is 0.789. The highest BCUT2D eigenvalue weighted by Crippen LogP contribution is 2.21. The minimum absolute atomic E-state index is 0.0160. The molecule has 140 valence electrons. The van der Waals surface area contributed by atoms with Gasteiger partial charge in [0.2, 0.25) is 15.9 Å². The largest absolute Gasteiger partial charge is 0.382 e. The van der Waals surface area contributed by atoms with Gasteiger partial charge < -0.3 is 10.1 Å². The average molecular weight is 368 g/mol. The fraction of sp³-hybridized carbons (Fsp3) is 0.611. The van der Waals surface area contributed by atoms with Crippen LogP contribution in [0.15, 0.2) is 30.3 Å². The maximum absolute atomic E-state index is 12.5. The summed E-state index contributed by atoms with van der Waals surface area (Å²) in [6, 6.07) is 9.19. The number of amides is 1. The van der Waals surface area contributed by atoms with Crippen LogP contribution in [-0.4, -0.2) is 51.5 Å². The number of ether oxygens (including phenoxy) is 1. The molecule has 0 atom stereocenters. The summed E-state index contributed by atoms with van der Waals surface area (Å²) in [6.45, 7) is 4.69. The molecule has 7 heteroatoms. The van der Waals surface area contributed by atoms with Crippen molar-refractivity contribution in [1.82, 2.24) is 9.62 Å².